The summed E-state index contributed by atoms with van der Waals surface area (Å²) in [5.74, 6) is 2.57. The molecule has 0 aliphatic heterocycles. The Labute approximate surface area is 96.3 Å². The first-order valence-corrected chi connectivity index (χ1v) is 6.06. The van der Waals surface area contributed by atoms with Crippen LogP contribution in [0.25, 0.3) is 0 Å². The number of rotatable bonds is 7. The number of nitrogens with one attached hydrogen (secondary N) is 1. The van der Waals surface area contributed by atoms with Crippen molar-refractivity contribution in [2.24, 2.45) is 0 Å². The van der Waals surface area contributed by atoms with E-state index >= 15 is 0 Å². The van der Waals surface area contributed by atoms with Crippen molar-refractivity contribution in [3.05, 3.63) is 22.4 Å². The van der Waals surface area contributed by atoms with Crippen LogP contribution in [0.15, 0.2) is 17.5 Å². The summed E-state index contributed by atoms with van der Waals surface area (Å²) in [4.78, 5) is 3.78. The minimum absolute atomic E-state index is 0.665. The second-order valence-electron chi connectivity index (χ2n) is 3.51. The molecular weight excluding hydrogens is 204 g/mol. The van der Waals surface area contributed by atoms with Crippen molar-refractivity contribution in [1.29, 1.82) is 0 Å². The van der Waals surface area contributed by atoms with E-state index < -0.39 is 0 Å². The van der Waals surface area contributed by atoms with E-state index in [2.05, 4.69) is 40.7 Å². The Balaban J connectivity index is 2.04. The molecule has 1 aromatic rings. The van der Waals surface area contributed by atoms with E-state index in [4.69, 9.17) is 6.42 Å². The molecule has 0 aromatic carbocycles. The minimum Gasteiger partial charge on any atom is -0.305 e. The van der Waals surface area contributed by atoms with Gasteiger partial charge in [-0.15, -0.1) is 17.8 Å². The van der Waals surface area contributed by atoms with Gasteiger partial charge in [0.25, 0.3) is 0 Å². The Hall–Kier alpha value is -0.820. The lowest BCUT2D eigenvalue weighted by Crippen LogP contribution is -2.30. The van der Waals surface area contributed by atoms with Crippen molar-refractivity contribution in [3.8, 4) is 12.3 Å². The average molecular weight is 222 g/mol. The average Bonchev–Trinajstić information content (AvgIpc) is 2.74. The molecule has 0 radical (unpaired) electrons. The fourth-order valence-corrected chi connectivity index (χ4v) is 2.00. The van der Waals surface area contributed by atoms with Crippen LogP contribution in [0.4, 0.5) is 0 Å². The van der Waals surface area contributed by atoms with Crippen LogP contribution in [0.3, 0.4) is 0 Å². The molecule has 0 spiro atoms. The van der Waals surface area contributed by atoms with Gasteiger partial charge < -0.3 is 10.2 Å². The van der Waals surface area contributed by atoms with Crippen molar-refractivity contribution < 1.29 is 0 Å². The second-order valence-corrected chi connectivity index (χ2v) is 4.55. The van der Waals surface area contributed by atoms with Crippen LogP contribution in [0.1, 0.15) is 4.88 Å². The Morgan fingerprint density at radius 2 is 2.40 bits per heavy atom. The lowest BCUT2D eigenvalue weighted by atomic mass is 10.3. The summed E-state index contributed by atoms with van der Waals surface area (Å²) in [5.41, 5.74) is 0. The first-order chi connectivity index (χ1) is 7.33. The Morgan fingerprint density at radius 3 is 3.07 bits per heavy atom. The number of thiophene rings is 1. The molecule has 0 bridgehead atoms. The third-order valence-electron chi connectivity index (χ3n) is 2.22. The predicted molar refractivity (Wildman–Crippen MR) is 67.2 cm³/mol. The van der Waals surface area contributed by atoms with Crippen molar-refractivity contribution in [1.82, 2.24) is 10.2 Å². The quantitative estimate of drug-likeness (QED) is 0.555. The number of terminal acetylenes is 1. The molecule has 0 unspecified atom stereocenters. The highest BCUT2D eigenvalue weighted by Crippen LogP contribution is 2.08. The zero-order valence-electron chi connectivity index (χ0n) is 9.20. The lowest BCUT2D eigenvalue weighted by Gasteiger charge is -2.15. The first kappa shape index (κ1) is 12.3. The van der Waals surface area contributed by atoms with E-state index in [-0.39, 0.29) is 0 Å². The van der Waals surface area contributed by atoms with Crippen LogP contribution in [0.2, 0.25) is 0 Å². The molecule has 1 heterocycles. The van der Waals surface area contributed by atoms with Gasteiger partial charge in [0, 0.05) is 24.5 Å². The Kier molecular flexibility index (Phi) is 6.10. The lowest BCUT2D eigenvalue weighted by molar-refractivity contribution is 0.339. The van der Waals surface area contributed by atoms with E-state index in [0.717, 1.165) is 26.1 Å². The summed E-state index contributed by atoms with van der Waals surface area (Å²) in [5, 5.41) is 5.31. The SMILES string of the molecule is C#CCNCCN(C)CCc1cccs1. The summed E-state index contributed by atoms with van der Waals surface area (Å²) in [6.07, 6.45) is 6.29. The number of hydrogen-bond acceptors (Lipinski definition) is 3. The van der Waals surface area contributed by atoms with Crippen LogP contribution >= 0.6 is 11.3 Å². The first-order valence-electron chi connectivity index (χ1n) is 5.18. The highest BCUT2D eigenvalue weighted by Gasteiger charge is 1.99. The molecule has 1 aromatic heterocycles. The standard InChI is InChI=1S/C12H18N2S/c1-3-7-13-8-10-14(2)9-6-12-5-4-11-15-12/h1,4-5,11,13H,6-10H2,2H3. The maximum absolute atomic E-state index is 5.14. The molecule has 0 aliphatic rings. The fraction of sp³-hybridized carbons (Fsp3) is 0.500. The number of hydrogen-bond donors (Lipinski definition) is 1. The third kappa shape index (κ3) is 5.58. The third-order valence-corrected chi connectivity index (χ3v) is 3.15. The van der Waals surface area contributed by atoms with Gasteiger partial charge in [-0.1, -0.05) is 12.0 Å². The summed E-state index contributed by atoms with van der Waals surface area (Å²) < 4.78 is 0. The summed E-state index contributed by atoms with van der Waals surface area (Å²) in [7, 11) is 2.14. The summed E-state index contributed by atoms with van der Waals surface area (Å²) in [6, 6.07) is 4.30. The van der Waals surface area contributed by atoms with E-state index in [9.17, 15) is 0 Å². The van der Waals surface area contributed by atoms with Gasteiger partial charge in [0.2, 0.25) is 0 Å². The zero-order valence-corrected chi connectivity index (χ0v) is 10.0. The fourth-order valence-electron chi connectivity index (χ4n) is 1.30. The maximum atomic E-state index is 5.14. The van der Waals surface area contributed by atoms with Crippen molar-refractivity contribution in [3.63, 3.8) is 0 Å². The van der Waals surface area contributed by atoms with Gasteiger partial charge in [-0.3, -0.25) is 0 Å². The summed E-state index contributed by atoms with van der Waals surface area (Å²) in [6.45, 7) is 3.79. The van der Waals surface area contributed by atoms with E-state index in [1.165, 1.54) is 4.88 Å². The minimum atomic E-state index is 0.665. The molecule has 3 heteroatoms. The molecule has 0 atom stereocenters. The number of likely N-dealkylation sites (N-methyl/N-ethyl adjacent to an activating group) is 1. The largest absolute Gasteiger partial charge is 0.305 e. The van der Waals surface area contributed by atoms with E-state index in [1.807, 2.05) is 11.3 Å². The smallest absolute Gasteiger partial charge is 0.0574 e. The van der Waals surface area contributed by atoms with Gasteiger partial charge in [0.05, 0.1) is 6.54 Å². The van der Waals surface area contributed by atoms with Gasteiger partial charge in [0.1, 0.15) is 0 Å². The predicted octanol–water partition coefficient (Wildman–Crippen LogP) is 1.45. The van der Waals surface area contributed by atoms with Crippen molar-refractivity contribution in [2.45, 2.75) is 6.42 Å². The molecule has 0 fully saturated rings. The van der Waals surface area contributed by atoms with Gasteiger partial charge >= 0.3 is 0 Å². The van der Waals surface area contributed by atoms with Crippen LogP contribution < -0.4 is 5.32 Å². The Morgan fingerprint density at radius 1 is 1.53 bits per heavy atom. The molecule has 0 saturated heterocycles. The molecule has 0 saturated carbocycles. The van der Waals surface area contributed by atoms with E-state index in [1.54, 1.807) is 0 Å². The molecule has 0 amide bonds. The highest BCUT2D eigenvalue weighted by molar-refractivity contribution is 7.09. The van der Waals surface area contributed by atoms with Gasteiger partial charge in [-0.2, -0.15) is 0 Å². The summed E-state index contributed by atoms with van der Waals surface area (Å²) >= 11 is 1.83. The second kappa shape index (κ2) is 7.47. The van der Waals surface area contributed by atoms with E-state index in [0.29, 0.717) is 6.54 Å². The van der Waals surface area contributed by atoms with Gasteiger partial charge in [-0.25, -0.2) is 0 Å². The molecule has 15 heavy (non-hydrogen) atoms. The van der Waals surface area contributed by atoms with Crippen LogP contribution in [0.5, 0.6) is 0 Å². The van der Waals surface area contributed by atoms with Crippen LogP contribution in [0, 0.1) is 12.3 Å². The van der Waals surface area contributed by atoms with Crippen molar-refractivity contribution in [2.75, 3.05) is 33.2 Å². The molecule has 2 nitrogen and oxygen atoms in total. The number of nitrogens with zero attached hydrogens (tertiary/aromatic N) is 1. The molecule has 1 N–H and O–H groups in total. The molecule has 82 valence electrons. The monoisotopic (exact) mass is 222 g/mol. The molecule has 1 rings (SSSR count). The van der Waals surface area contributed by atoms with Crippen LogP contribution in [-0.2, 0) is 6.42 Å². The van der Waals surface area contributed by atoms with Crippen molar-refractivity contribution >= 4 is 11.3 Å². The van der Waals surface area contributed by atoms with Gasteiger partial charge in [0.15, 0.2) is 0 Å². The topological polar surface area (TPSA) is 15.3 Å². The van der Waals surface area contributed by atoms with Crippen LogP contribution in [-0.4, -0.2) is 38.1 Å². The highest BCUT2D eigenvalue weighted by atomic mass is 32.1. The zero-order chi connectivity index (χ0) is 10.9. The normalized spacial score (nSPS) is 10.5. The van der Waals surface area contributed by atoms with Gasteiger partial charge in [-0.05, 0) is 24.9 Å². The molecule has 0 aliphatic carbocycles. The maximum Gasteiger partial charge on any atom is 0.0574 e. The Bertz CT molecular complexity index is 287. The molecular formula is C12H18N2S.